The maximum Gasteiger partial charge on any atom is 0.358 e. The molecule has 1 N–H and O–H groups in total. The summed E-state index contributed by atoms with van der Waals surface area (Å²) in [5.41, 5.74) is 0.423. The monoisotopic (exact) mass is 270 g/mol. The van der Waals surface area contributed by atoms with E-state index in [0.717, 1.165) is 36.2 Å². The first-order valence-electron chi connectivity index (χ1n) is 6.17. The van der Waals surface area contributed by atoms with Crippen LogP contribution < -0.4 is 5.32 Å². The standard InChI is InChI=1S/C12H18N2O3S/c1-3-17-11(15)10-8(2)18-12(14-10)13-6-9-4-5-16-7-9/h9H,3-7H2,1-2H3,(H,13,14). The Hall–Kier alpha value is -1.14. The molecule has 2 heterocycles. The zero-order chi connectivity index (χ0) is 13.0. The smallest absolute Gasteiger partial charge is 0.358 e. The van der Waals surface area contributed by atoms with Crippen molar-refractivity contribution < 1.29 is 14.3 Å². The summed E-state index contributed by atoms with van der Waals surface area (Å²) >= 11 is 1.49. The molecule has 5 nitrogen and oxygen atoms in total. The van der Waals surface area contributed by atoms with E-state index in [-0.39, 0.29) is 5.97 Å². The Bertz CT molecular complexity index is 413. The van der Waals surface area contributed by atoms with E-state index in [1.807, 2.05) is 6.92 Å². The van der Waals surface area contributed by atoms with Crippen LogP contribution in [0.15, 0.2) is 0 Å². The molecule has 0 saturated carbocycles. The number of ether oxygens (including phenoxy) is 2. The first-order chi connectivity index (χ1) is 8.70. The highest BCUT2D eigenvalue weighted by atomic mass is 32.1. The Morgan fingerprint density at radius 1 is 1.67 bits per heavy atom. The molecular formula is C12H18N2O3S. The maximum absolute atomic E-state index is 11.6. The number of aromatic nitrogens is 1. The maximum atomic E-state index is 11.6. The number of nitrogens with zero attached hydrogens (tertiary/aromatic N) is 1. The van der Waals surface area contributed by atoms with Gasteiger partial charge in [0.05, 0.1) is 13.2 Å². The van der Waals surface area contributed by atoms with Gasteiger partial charge in [-0.3, -0.25) is 0 Å². The summed E-state index contributed by atoms with van der Waals surface area (Å²) in [5.74, 6) is 0.198. The fourth-order valence-corrected chi connectivity index (χ4v) is 2.64. The van der Waals surface area contributed by atoms with Crippen LogP contribution in [0.3, 0.4) is 0 Å². The minimum Gasteiger partial charge on any atom is -0.461 e. The predicted molar refractivity (Wildman–Crippen MR) is 70.2 cm³/mol. The normalized spacial score (nSPS) is 18.9. The number of hydrogen-bond acceptors (Lipinski definition) is 6. The van der Waals surface area contributed by atoms with E-state index in [0.29, 0.717) is 18.2 Å². The first kappa shape index (κ1) is 13.3. The van der Waals surface area contributed by atoms with E-state index in [9.17, 15) is 4.79 Å². The van der Waals surface area contributed by atoms with Crippen molar-refractivity contribution in [3.8, 4) is 0 Å². The summed E-state index contributed by atoms with van der Waals surface area (Å²) in [6, 6.07) is 0. The van der Waals surface area contributed by atoms with Gasteiger partial charge in [0, 0.05) is 23.9 Å². The summed E-state index contributed by atoms with van der Waals surface area (Å²) in [4.78, 5) is 16.8. The third-order valence-electron chi connectivity index (χ3n) is 2.83. The Balaban J connectivity index is 1.93. The largest absolute Gasteiger partial charge is 0.461 e. The SMILES string of the molecule is CCOC(=O)c1nc(NCC2CCOC2)sc1C. The zero-order valence-corrected chi connectivity index (χ0v) is 11.5. The number of nitrogens with one attached hydrogen (secondary N) is 1. The lowest BCUT2D eigenvalue weighted by atomic mass is 10.1. The fourth-order valence-electron chi connectivity index (χ4n) is 1.84. The van der Waals surface area contributed by atoms with E-state index in [1.165, 1.54) is 11.3 Å². The molecule has 100 valence electrons. The van der Waals surface area contributed by atoms with E-state index in [4.69, 9.17) is 9.47 Å². The predicted octanol–water partition coefficient (Wildman–Crippen LogP) is 2.08. The second kappa shape index (κ2) is 6.15. The Morgan fingerprint density at radius 3 is 3.17 bits per heavy atom. The van der Waals surface area contributed by atoms with E-state index in [1.54, 1.807) is 6.92 Å². The van der Waals surface area contributed by atoms with Gasteiger partial charge in [0.25, 0.3) is 0 Å². The summed E-state index contributed by atoms with van der Waals surface area (Å²) in [6.07, 6.45) is 1.09. The molecule has 0 aromatic carbocycles. The molecule has 1 aliphatic rings. The van der Waals surface area contributed by atoms with Gasteiger partial charge in [-0.25, -0.2) is 9.78 Å². The van der Waals surface area contributed by atoms with Crippen molar-refractivity contribution in [3.63, 3.8) is 0 Å². The number of thiazole rings is 1. The van der Waals surface area contributed by atoms with Crippen molar-refractivity contribution in [2.75, 3.05) is 31.7 Å². The average Bonchev–Trinajstić information content (AvgIpc) is 2.96. The van der Waals surface area contributed by atoms with Gasteiger partial charge in [-0.1, -0.05) is 0 Å². The summed E-state index contributed by atoms with van der Waals surface area (Å²) < 4.78 is 10.3. The molecule has 18 heavy (non-hydrogen) atoms. The van der Waals surface area contributed by atoms with Gasteiger partial charge in [0.2, 0.25) is 0 Å². The molecule has 0 aliphatic carbocycles. The van der Waals surface area contributed by atoms with Crippen molar-refractivity contribution >= 4 is 22.4 Å². The van der Waals surface area contributed by atoms with Gasteiger partial charge in [-0.05, 0) is 20.3 Å². The second-order valence-corrected chi connectivity index (χ2v) is 5.46. The summed E-state index contributed by atoms with van der Waals surface area (Å²) in [5, 5.41) is 4.04. The Labute approximate surface area is 111 Å². The molecule has 2 rings (SSSR count). The number of rotatable bonds is 5. The van der Waals surface area contributed by atoms with Crippen molar-refractivity contribution in [1.82, 2.24) is 4.98 Å². The number of hydrogen-bond donors (Lipinski definition) is 1. The quantitative estimate of drug-likeness (QED) is 0.830. The molecular weight excluding hydrogens is 252 g/mol. The summed E-state index contributed by atoms with van der Waals surface area (Å²) in [7, 11) is 0. The lowest BCUT2D eigenvalue weighted by Gasteiger charge is -2.07. The lowest BCUT2D eigenvalue weighted by molar-refractivity contribution is 0.0519. The molecule has 1 aromatic heterocycles. The number of esters is 1. The number of aryl methyl sites for hydroxylation is 1. The third kappa shape index (κ3) is 3.20. The molecule has 6 heteroatoms. The molecule has 0 spiro atoms. The first-order valence-corrected chi connectivity index (χ1v) is 6.98. The van der Waals surface area contributed by atoms with E-state index in [2.05, 4.69) is 10.3 Å². The zero-order valence-electron chi connectivity index (χ0n) is 10.7. The van der Waals surface area contributed by atoms with Gasteiger partial charge in [-0.2, -0.15) is 0 Å². The minimum absolute atomic E-state index is 0.344. The van der Waals surface area contributed by atoms with Gasteiger partial charge in [-0.15, -0.1) is 11.3 Å². The number of carbonyl (C=O) groups excluding carboxylic acids is 1. The van der Waals surface area contributed by atoms with Crippen molar-refractivity contribution in [2.24, 2.45) is 5.92 Å². The Morgan fingerprint density at radius 2 is 2.50 bits per heavy atom. The van der Waals surface area contributed by atoms with Crippen molar-refractivity contribution in [2.45, 2.75) is 20.3 Å². The van der Waals surface area contributed by atoms with Crippen LogP contribution in [0.1, 0.15) is 28.7 Å². The van der Waals surface area contributed by atoms with Gasteiger partial charge < -0.3 is 14.8 Å². The lowest BCUT2D eigenvalue weighted by Crippen LogP contribution is -2.14. The number of carbonyl (C=O) groups is 1. The van der Waals surface area contributed by atoms with Gasteiger partial charge in [0.1, 0.15) is 0 Å². The second-order valence-electron chi connectivity index (χ2n) is 4.25. The molecule has 1 aliphatic heterocycles. The minimum atomic E-state index is -0.344. The van der Waals surface area contributed by atoms with E-state index < -0.39 is 0 Å². The van der Waals surface area contributed by atoms with Gasteiger partial charge in [0.15, 0.2) is 10.8 Å². The Kier molecular flexibility index (Phi) is 4.54. The van der Waals surface area contributed by atoms with Crippen LogP contribution in [-0.4, -0.2) is 37.3 Å². The van der Waals surface area contributed by atoms with Crippen LogP contribution >= 0.6 is 11.3 Å². The van der Waals surface area contributed by atoms with Crippen LogP contribution in [0.5, 0.6) is 0 Å². The topological polar surface area (TPSA) is 60.5 Å². The molecule has 1 unspecified atom stereocenters. The van der Waals surface area contributed by atoms with Crippen molar-refractivity contribution in [3.05, 3.63) is 10.6 Å². The highest BCUT2D eigenvalue weighted by Crippen LogP contribution is 2.23. The van der Waals surface area contributed by atoms with Crippen LogP contribution in [0, 0.1) is 12.8 Å². The molecule has 1 atom stereocenters. The van der Waals surface area contributed by atoms with Crippen LogP contribution in [0.25, 0.3) is 0 Å². The molecule has 1 saturated heterocycles. The molecule has 1 aromatic rings. The van der Waals surface area contributed by atoms with E-state index >= 15 is 0 Å². The van der Waals surface area contributed by atoms with Crippen LogP contribution in [-0.2, 0) is 9.47 Å². The highest BCUT2D eigenvalue weighted by molar-refractivity contribution is 7.15. The van der Waals surface area contributed by atoms with Crippen LogP contribution in [0.4, 0.5) is 5.13 Å². The molecule has 0 bridgehead atoms. The fraction of sp³-hybridized carbons (Fsp3) is 0.667. The average molecular weight is 270 g/mol. The van der Waals surface area contributed by atoms with Gasteiger partial charge >= 0.3 is 5.97 Å². The molecule has 1 fully saturated rings. The summed E-state index contributed by atoms with van der Waals surface area (Å²) in [6.45, 7) is 6.54. The molecule has 0 amide bonds. The van der Waals surface area contributed by atoms with Crippen LogP contribution in [0.2, 0.25) is 0 Å². The van der Waals surface area contributed by atoms with Crippen molar-refractivity contribution in [1.29, 1.82) is 0 Å². The highest BCUT2D eigenvalue weighted by Gasteiger charge is 2.18. The third-order valence-corrected chi connectivity index (χ3v) is 3.76. The number of anilines is 1. The molecule has 0 radical (unpaired) electrons.